The van der Waals surface area contributed by atoms with E-state index in [1.54, 1.807) is 37.3 Å². The van der Waals surface area contributed by atoms with Gasteiger partial charge in [-0.15, -0.1) is 0 Å². The fourth-order valence-corrected chi connectivity index (χ4v) is 2.44. The fourth-order valence-electron chi connectivity index (χ4n) is 2.44. The van der Waals surface area contributed by atoms with Crippen molar-refractivity contribution in [1.29, 1.82) is 0 Å². The molecule has 0 bridgehead atoms. The first kappa shape index (κ1) is 17.2. The van der Waals surface area contributed by atoms with Gasteiger partial charge in [-0.1, -0.05) is 18.2 Å². The van der Waals surface area contributed by atoms with Gasteiger partial charge in [0.1, 0.15) is 11.8 Å². The average Bonchev–Trinajstić information content (AvgIpc) is 2.63. The standard InChI is InChI=1S/C20H15NO5/c1-12-6-7-13(20(24)25)10-16(12)21-18(22)9-8-14-11-26-17-5-3-2-4-15(17)19(14)23/h2-11H,1H3,(H,21,22)(H,24,25)/b9-8+. The lowest BCUT2D eigenvalue weighted by Crippen LogP contribution is -2.11. The van der Waals surface area contributed by atoms with E-state index >= 15 is 0 Å². The Kier molecular flexibility index (Phi) is 4.66. The van der Waals surface area contributed by atoms with Crippen LogP contribution in [0.15, 0.2) is 64.0 Å². The molecule has 3 aromatic rings. The first-order valence-electron chi connectivity index (χ1n) is 7.79. The number of amides is 1. The van der Waals surface area contributed by atoms with Crippen LogP contribution in [0.3, 0.4) is 0 Å². The molecule has 0 aliphatic rings. The highest BCUT2D eigenvalue weighted by atomic mass is 16.4. The zero-order valence-electron chi connectivity index (χ0n) is 13.9. The molecule has 130 valence electrons. The maximum Gasteiger partial charge on any atom is 0.335 e. The lowest BCUT2D eigenvalue weighted by molar-refractivity contribution is -0.111. The number of aromatic carboxylic acids is 1. The average molecular weight is 349 g/mol. The lowest BCUT2D eigenvalue weighted by atomic mass is 10.1. The van der Waals surface area contributed by atoms with Gasteiger partial charge in [0.05, 0.1) is 16.5 Å². The van der Waals surface area contributed by atoms with Crippen LogP contribution in [0.5, 0.6) is 0 Å². The number of aryl methyl sites for hydroxylation is 1. The second-order valence-corrected chi connectivity index (χ2v) is 5.67. The molecular formula is C20H15NO5. The van der Waals surface area contributed by atoms with Gasteiger partial charge in [-0.05, 0) is 42.8 Å². The minimum atomic E-state index is -1.08. The number of carboxylic acids is 1. The third kappa shape index (κ3) is 3.54. The van der Waals surface area contributed by atoms with Crippen LogP contribution in [-0.2, 0) is 4.79 Å². The third-order valence-electron chi connectivity index (χ3n) is 3.86. The number of hydrogen-bond donors (Lipinski definition) is 2. The van der Waals surface area contributed by atoms with E-state index in [1.807, 2.05) is 0 Å². The van der Waals surface area contributed by atoms with Gasteiger partial charge in [-0.25, -0.2) is 4.79 Å². The Balaban J connectivity index is 1.83. The molecule has 0 spiro atoms. The van der Waals surface area contributed by atoms with E-state index in [2.05, 4.69) is 5.32 Å². The predicted molar refractivity (Wildman–Crippen MR) is 98.3 cm³/mol. The Bertz CT molecular complexity index is 1090. The molecule has 0 unspecified atom stereocenters. The van der Waals surface area contributed by atoms with E-state index in [0.717, 1.165) is 5.56 Å². The number of anilines is 1. The summed E-state index contributed by atoms with van der Waals surface area (Å²) in [6.45, 7) is 1.75. The van der Waals surface area contributed by atoms with Crippen molar-refractivity contribution in [3.8, 4) is 0 Å². The van der Waals surface area contributed by atoms with E-state index in [0.29, 0.717) is 16.7 Å². The zero-order valence-corrected chi connectivity index (χ0v) is 13.9. The van der Waals surface area contributed by atoms with Crippen molar-refractivity contribution in [3.63, 3.8) is 0 Å². The van der Waals surface area contributed by atoms with Gasteiger partial charge >= 0.3 is 5.97 Å². The molecule has 0 radical (unpaired) electrons. The minimum Gasteiger partial charge on any atom is -0.478 e. The molecule has 3 rings (SSSR count). The number of hydrogen-bond acceptors (Lipinski definition) is 4. The van der Waals surface area contributed by atoms with Gasteiger partial charge in [-0.3, -0.25) is 9.59 Å². The Morgan fingerprint density at radius 1 is 1.15 bits per heavy atom. The number of nitrogens with one attached hydrogen (secondary N) is 1. The van der Waals surface area contributed by atoms with Crippen molar-refractivity contribution in [2.24, 2.45) is 0 Å². The number of carboxylic acid groups (broad SMARTS) is 1. The summed E-state index contributed by atoms with van der Waals surface area (Å²) in [7, 11) is 0. The number of carbonyl (C=O) groups excluding carboxylic acids is 1. The molecule has 2 aromatic carbocycles. The quantitative estimate of drug-likeness (QED) is 0.703. The highest BCUT2D eigenvalue weighted by Crippen LogP contribution is 2.17. The van der Waals surface area contributed by atoms with Gasteiger partial charge in [0.25, 0.3) is 0 Å². The Hall–Kier alpha value is -3.67. The summed E-state index contributed by atoms with van der Waals surface area (Å²) in [6, 6.07) is 11.3. The molecule has 6 heteroatoms. The lowest BCUT2D eigenvalue weighted by Gasteiger charge is -2.07. The van der Waals surface area contributed by atoms with Crippen LogP contribution in [0.4, 0.5) is 5.69 Å². The number of rotatable bonds is 4. The molecule has 6 nitrogen and oxygen atoms in total. The molecule has 1 heterocycles. The van der Waals surface area contributed by atoms with Gasteiger partial charge in [-0.2, -0.15) is 0 Å². The van der Waals surface area contributed by atoms with Crippen LogP contribution in [0.2, 0.25) is 0 Å². The molecule has 2 N–H and O–H groups in total. The number of para-hydroxylation sites is 1. The minimum absolute atomic E-state index is 0.0741. The summed E-state index contributed by atoms with van der Waals surface area (Å²) in [5.41, 5.74) is 1.67. The predicted octanol–water partition coefficient (Wildman–Crippen LogP) is 3.45. The third-order valence-corrected chi connectivity index (χ3v) is 3.86. The number of benzene rings is 2. The summed E-state index contributed by atoms with van der Waals surface area (Å²) in [6.07, 6.45) is 3.86. The van der Waals surface area contributed by atoms with E-state index in [1.165, 1.54) is 30.5 Å². The van der Waals surface area contributed by atoms with Crippen LogP contribution >= 0.6 is 0 Å². The van der Waals surface area contributed by atoms with E-state index in [4.69, 9.17) is 9.52 Å². The fraction of sp³-hybridized carbons (Fsp3) is 0.0500. The highest BCUT2D eigenvalue weighted by Gasteiger charge is 2.08. The first-order valence-corrected chi connectivity index (χ1v) is 7.79. The molecule has 0 saturated heterocycles. The monoisotopic (exact) mass is 349 g/mol. The second kappa shape index (κ2) is 7.06. The zero-order chi connectivity index (χ0) is 18.7. The highest BCUT2D eigenvalue weighted by molar-refractivity contribution is 6.03. The van der Waals surface area contributed by atoms with Crippen LogP contribution in [0.1, 0.15) is 21.5 Å². The van der Waals surface area contributed by atoms with Crippen LogP contribution < -0.4 is 10.7 Å². The summed E-state index contributed by atoms with van der Waals surface area (Å²) in [4.78, 5) is 35.5. The number of carbonyl (C=O) groups is 2. The van der Waals surface area contributed by atoms with Crippen molar-refractivity contribution in [2.45, 2.75) is 6.92 Å². The normalized spacial score (nSPS) is 11.0. The molecule has 0 aliphatic heterocycles. The Morgan fingerprint density at radius 2 is 1.92 bits per heavy atom. The van der Waals surface area contributed by atoms with Crippen LogP contribution in [0.25, 0.3) is 17.0 Å². The van der Waals surface area contributed by atoms with Crippen LogP contribution in [0, 0.1) is 6.92 Å². The Labute approximate surface area is 148 Å². The van der Waals surface area contributed by atoms with E-state index in [9.17, 15) is 14.4 Å². The largest absolute Gasteiger partial charge is 0.478 e. The van der Waals surface area contributed by atoms with Crippen molar-refractivity contribution in [1.82, 2.24) is 0 Å². The van der Waals surface area contributed by atoms with Gasteiger partial charge in [0.15, 0.2) is 5.43 Å². The van der Waals surface area contributed by atoms with Crippen LogP contribution in [-0.4, -0.2) is 17.0 Å². The molecular weight excluding hydrogens is 334 g/mol. The maximum atomic E-state index is 12.4. The summed E-state index contributed by atoms with van der Waals surface area (Å²) >= 11 is 0. The van der Waals surface area contributed by atoms with E-state index in [-0.39, 0.29) is 16.6 Å². The van der Waals surface area contributed by atoms with E-state index < -0.39 is 11.9 Å². The topological polar surface area (TPSA) is 96.6 Å². The maximum absolute atomic E-state index is 12.4. The van der Waals surface area contributed by atoms with Crippen molar-refractivity contribution >= 4 is 34.6 Å². The smallest absolute Gasteiger partial charge is 0.335 e. The molecule has 0 saturated carbocycles. The number of fused-ring (bicyclic) bond motifs is 1. The van der Waals surface area contributed by atoms with Gasteiger partial charge in [0.2, 0.25) is 5.91 Å². The van der Waals surface area contributed by atoms with Gasteiger partial charge < -0.3 is 14.8 Å². The molecule has 1 aromatic heterocycles. The Morgan fingerprint density at radius 3 is 2.69 bits per heavy atom. The summed E-state index contributed by atoms with van der Waals surface area (Å²) < 4.78 is 5.39. The van der Waals surface area contributed by atoms with Gasteiger partial charge in [0, 0.05) is 11.8 Å². The first-order chi connectivity index (χ1) is 12.5. The molecule has 1 amide bonds. The molecule has 26 heavy (non-hydrogen) atoms. The van der Waals surface area contributed by atoms with Crippen molar-refractivity contribution < 1.29 is 19.1 Å². The second-order valence-electron chi connectivity index (χ2n) is 5.67. The molecule has 0 aliphatic carbocycles. The summed E-state index contributed by atoms with van der Waals surface area (Å²) in [5.74, 6) is -1.56. The summed E-state index contributed by atoms with van der Waals surface area (Å²) in [5, 5.41) is 12.1. The molecule has 0 atom stereocenters. The van der Waals surface area contributed by atoms with Crippen molar-refractivity contribution in [3.05, 3.63) is 81.7 Å². The molecule has 0 fully saturated rings. The van der Waals surface area contributed by atoms with Crippen molar-refractivity contribution in [2.75, 3.05) is 5.32 Å². The SMILES string of the molecule is Cc1ccc(C(=O)O)cc1NC(=O)/C=C/c1coc2ccccc2c1=O.